The normalized spacial score (nSPS) is 42.2. The van der Waals surface area contributed by atoms with Crippen LogP contribution in [0.1, 0.15) is 44.9 Å². The van der Waals surface area contributed by atoms with Gasteiger partial charge in [0.2, 0.25) is 0 Å². The molecular weight excluding hydrogens is 198 g/mol. The SMILES string of the molecule is OC[C@@H]1CC2(CCNCC2)C2CCCCC21. The van der Waals surface area contributed by atoms with Crippen molar-refractivity contribution in [3.63, 3.8) is 0 Å². The summed E-state index contributed by atoms with van der Waals surface area (Å²) < 4.78 is 0. The molecule has 1 heterocycles. The average Bonchev–Trinajstić information content (AvgIpc) is 2.66. The zero-order chi connectivity index (χ0) is 11.0. The Morgan fingerprint density at radius 2 is 1.88 bits per heavy atom. The predicted octanol–water partition coefficient (Wildman–Crippen LogP) is 2.17. The molecule has 92 valence electrons. The van der Waals surface area contributed by atoms with Gasteiger partial charge in [-0.1, -0.05) is 12.8 Å². The Balaban J connectivity index is 1.83. The monoisotopic (exact) mass is 223 g/mol. The average molecular weight is 223 g/mol. The summed E-state index contributed by atoms with van der Waals surface area (Å²) in [7, 11) is 0. The lowest BCUT2D eigenvalue weighted by molar-refractivity contribution is 0.0870. The van der Waals surface area contributed by atoms with Gasteiger partial charge < -0.3 is 10.4 Å². The molecule has 0 aromatic rings. The summed E-state index contributed by atoms with van der Waals surface area (Å²) in [5.41, 5.74) is 0.615. The second-order valence-electron chi connectivity index (χ2n) is 6.31. The van der Waals surface area contributed by atoms with Crippen molar-refractivity contribution in [1.29, 1.82) is 0 Å². The first-order valence-corrected chi connectivity index (χ1v) is 7.17. The number of hydrogen-bond acceptors (Lipinski definition) is 2. The molecule has 3 aliphatic rings. The van der Waals surface area contributed by atoms with E-state index < -0.39 is 0 Å². The third kappa shape index (κ3) is 1.62. The number of hydrogen-bond donors (Lipinski definition) is 2. The van der Waals surface area contributed by atoms with Crippen LogP contribution in [-0.4, -0.2) is 24.8 Å². The Bertz CT molecular complexity index is 247. The van der Waals surface area contributed by atoms with E-state index in [0.29, 0.717) is 17.9 Å². The molecule has 0 aromatic heterocycles. The van der Waals surface area contributed by atoms with Crippen LogP contribution in [-0.2, 0) is 0 Å². The van der Waals surface area contributed by atoms with Crippen LogP contribution in [0.3, 0.4) is 0 Å². The first kappa shape index (κ1) is 11.0. The third-order valence-electron chi connectivity index (χ3n) is 5.71. The lowest BCUT2D eigenvalue weighted by atomic mass is 9.65. The molecule has 3 rings (SSSR count). The number of rotatable bonds is 1. The number of aliphatic hydroxyl groups excluding tert-OH is 1. The summed E-state index contributed by atoms with van der Waals surface area (Å²) in [6, 6.07) is 0. The zero-order valence-corrected chi connectivity index (χ0v) is 10.3. The molecule has 3 atom stereocenters. The van der Waals surface area contributed by atoms with Crippen molar-refractivity contribution in [3.8, 4) is 0 Å². The lowest BCUT2D eigenvalue weighted by Crippen LogP contribution is -2.40. The first-order chi connectivity index (χ1) is 7.86. The van der Waals surface area contributed by atoms with E-state index in [0.717, 1.165) is 11.8 Å². The molecule has 2 aliphatic carbocycles. The van der Waals surface area contributed by atoms with Crippen molar-refractivity contribution < 1.29 is 5.11 Å². The minimum Gasteiger partial charge on any atom is -0.396 e. The molecule has 0 amide bonds. The summed E-state index contributed by atoms with van der Waals surface area (Å²) in [4.78, 5) is 0. The highest BCUT2D eigenvalue weighted by molar-refractivity contribution is 5.03. The van der Waals surface area contributed by atoms with Gasteiger partial charge in [-0.15, -0.1) is 0 Å². The maximum Gasteiger partial charge on any atom is 0.0462 e. The molecular formula is C14H25NO. The molecule has 1 spiro atoms. The fourth-order valence-corrected chi connectivity index (χ4v) is 5.01. The van der Waals surface area contributed by atoms with E-state index in [1.165, 1.54) is 58.0 Å². The Labute approximate surface area is 98.8 Å². The Morgan fingerprint density at radius 3 is 2.62 bits per heavy atom. The number of piperidine rings is 1. The zero-order valence-electron chi connectivity index (χ0n) is 10.3. The minimum atomic E-state index is 0.441. The summed E-state index contributed by atoms with van der Waals surface area (Å²) in [6.45, 7) is 2.86. The molecule has 2 N–H and O–H groups in total. The second kappa shape index (κ2) is 4.30. The highest BCUT2D eigenvalue weighted by atomic mass is 16.3. The molecule has 1 saturated heterocycles. The van der Waals surface area contributed by atoms with Gasteiger partial charge in [0.05, 0.1) is 0 Å². The van der Waals surface area contributed by atoms with E-state index in [4.69, 9.17) is 0 Å². The molecule has 0 bridgehead atoms. The standard InChI is InChI=1S/C14H25NO/c16-10-11-9-14(5-7-15-8-6-14)13-4-2-1-3-12(11)13/h11-13,15-16H,1-10H2/t11-,12?,13?/m0/s1. The van der Waals surface area contributed by atoms with Crippen molar-refractivity contribution >= 4 is 0 Å². The van der Waals surface area contributed by atoms with Crippen LogP contribution in [0.4, 0.5) is 0 Å². The van der Waals surface area contributed by atoms with Gasteiger partial charge in [0.1, 0.15) is 0 Å². The fraction of sp³-hybridized carbons (Fsp3) is 1.00. The van der Waals surface area contributed by atoms with Crippen molar-refractivity contribution in [1.82, 2.24) is 5.32 Å². The minimum absolute atomic E-state index is 0.441. The van der Waals surface area contributed by atoms with E-state index in [-0.39, 0.29) is 0 Å². The van der Waals surface area contributed by atoms with Crippen LogP contribution < -0.4 is 5.32 Å². The Kier molecular flexibility index (Phi) is 2.97. The summed E-state index contributed by atoms with van der Waals surface area (Å²) in [6.07, 6.45) is 9.74. The van der Waals surface area contributed by atoms with Crippen LogP contribution >= 0.6 is 0 Å². The smallest absolute Gasteiger partial charge is 0.0462 e. The van der Waals surface area contributed by atoms with Gasteiger partial charge in [-0.2, -0.15) is 0 Å². The molecule has 0 aromatic carbocycles. The molecule has 1 aliphatic heterocycles. The number of fused-ring (bicyclic) bond motifs is 2. The molecule has 2 heteroatoms. The topological polar surface area (TPSA) is 32.3 Å². The van der Waals surface area contributed by atoms with Crippen LogP contribution in [0.5, 0.6) is 0 Å². The largest absolute Gasteiger partial charge is 0.396 e. The van der Waals surface area contributed by atoms with Gasteiger partial charge in [-0.3, -0.25) is 0 Å². The van der Waals surface area contributed by atoms with Crippen molar-refractivity contribution in [2.45, 2.75) is 44.9 Å². The van der Waals surface area contributed by atoms with E-state index >= 15 is 0 Å². The quantitative estimate of drug-likeness (QED) is 0.714. The van der Waals surface area contributed by atoms with Gasteiger partial charge in [0.25, 0.3) is 0 Å². The molecule has 0 radical (unpaired) electrons. The summed E-state index contributed by atoms with van der Waals surface area (Å²) in [5.74, 6) is 2.43. The maximum absolute atomic E-state index is 9.60. The van der Waals surface area contributed by atoms with Gasteiger partial charge in [-0.05, 0) is 68.4 Å². The predicted molar refractivity (Wildman–Crippen MR) is 65.2 cm³/mol. The molecule has 2 nitrogen and oxygen atoms in total. The molecule has 3 fully saturated rings. The summed E-state index contributed by atoms with van der Waals surface area (Å²) >= 11 is 0. The van der Waals surface area contributed by atoms with Crippen LogP contribution in [0.15, 0.2) is 0 Å². The molecule has 2 saturated carbocycles. The summed E-state index contributed by atoms with van der Waals surface area (Å²) in [5, 5.41) is 13.1. The lowest BCUT2D eigenvalue weighted by Gasteiger charge is -2.42. The third-order valence-corrected chi connectivity index (χ3v) is 5.71. The highest BCUT2D eigenvalue weighted by Crippen LogP contribution is 2.59. The maximum atomic E-state index is 9.60. The van der Waals surface area contributed by atoms with Gasteiger partial charge in [0.15, 0.2) is 0 Å². The van der Waals surface area contributed by atoms with Crippen molar-refractivity contribution in [3.05, 3.63) is 0 Å². The second-order valence-corrected chi connectivity index (χ2v) is 6.31. The van der Waals surface area contributed by atoms with Gasteiger partial charge >= 0.3 is 0 Å². The number of aliphatic hydroxyl groups is 1. The van der Waals surface area contributed by atoms with E-state index in [9.17, 15) is 5.11 Å². The van der Waals surface area contributed by atoms with Gasteiger partial charge in [0, 0.05) is 6.61 Å². The van der Waals surface area contributed by atoms with Crippen LogP contribution in [0, 0.1) is 23.2 Å². The van der Waals surface area contributed by atoms with E-state index in [2.05, 4.69) is 5.32 Å². The Hall–Kier alpha value is -0.0800. The first-order valence-electron chi connectivity index (χ1n) is 7.17. The van der Waals surface area contributed by atoms with Crippen LogP contribution in [0.2, 0.25) is 0 Å². The molecule has 16 heavy (non-hydrogen) atoms. The molecule has 2 unspecified atom stereocenters. The van der Waals surface area contributed by atoms with Crippen molar-refractivity contribution in [2.24, 2.45) is 23.2 Å². The van der Waals surface area contributed by atoms with Crippen molar-refractivity contribution in [2.75, 3.05) is 19.7 Å². The Morgan fingerprint density at radius 1 is 1.12 bits per heavy atom. The van der Waals surface area contributed by atoms with E-state index in [1.54, 1.807) is 0 Å². The fourth-order valence-electron chi connectivity index (χ4n) is 5.01. The van der Waals surface area contributed by atoms with Gasteiger partial charge in [-0.25, -0.2) is 0 Å². The van der Waals surface area contributed by atoms with E-state index in [1.807, 2.05) is 0 Å². The number of nitrogens with one attached hydrogen (secondary N) is 1. The highest BCUT2D eigenvalue weighted by Gasteiger charge is 2.52. The van der Waals surface area contributed by atoms with Crippen LogP contribution in [0.25, 0.3) is 0 Å².